The number of ether oxygens (including phenoxy) is 1. The zero-order valence-corrected chi connectivity index (χ0v) is 19.9. The summed E-state index contributed by atoms with van der Waals surface area (Å²) in [5, 5.41) is 2.75. The van der Waals surface area contributed by atoms with Crippen molar-refractivity contribution in [2.24, 2.45) is 4.99 Å². The van der Waals surface area contributed by atoms with Crippen molar-refractivity contribution in [2.75, 3.05) is 31.6 Å². The molecular formula is C22H24N4O5S2. The van der Waals surface area contributed by atoms with Gasteiger partial charge in [0.2, 0.25) is 15.9 Å². The van der Waals surface area contributed by atoms with Gasteiger partial charge in [0.25, 0.3) is 5.91 Å². The highest BCUT2D eigenvalue weighted by atomic mass is 32.2. The molecule has 2 heterocycles. The van der Waals surface area contributed by atoms with Crippen LogP contribution in [0.2, 0.25) is 0 Å². The van der Waals surface area contributed by atoms with Gasteiger partial charge in [-0.2, -0.15) is 9.30 Å². The highest BCUT2D eigenvalue weighted by Crippen LogP contribution is 2.22. The monoisotopic (exact) mass is 488 g/mol. The molecule has 0 radical (unpaired) electrons. The van der Waals surface area contributed by atoms with Gasteiger partial charge >= 0.3 is 0 Å². The predicted octanol–water partition coefficient (Wildman–Crippen LogP) is 2.44. The Bertz CT molecular complexity index is 1370. The van der Waals surface area contributed by atoms with Gasteiger partial charge in [-0.05, 0) is 49.4 Å². The standard InChI is InChI=1S/C22H24N4O5S2/c1-3-26-19-9-6-17(23-15(2)27)14-20(19)32-22(26)24-21(28)16-4-7-18(8-5-16)33(29,30)25-10-12-31-13-11-25/h4-9,14H,3,10-13H2,1-2H3,(H,23,27). The minimum absolute atomic E-state index is 0.136. The lowest BCUT2D eigenvalue weighted by molar-refractivity contribution is -0.114. The molecule has 1 aromatic heterocycles. The Hall–Kier alpha value is -2.86. The molecule has 2 amide bonds. The smallest absolute Gasteiger partial charge is 0.279 e. The number of hydrogen-bond donors (Lipinski definition) is 1. The van der Waals surface area contributed by atoms with Gasteiger partial charge in [0.15, 0.2) is 4.80 Å². The molecule has 4 rings (SSSR count). The first-order valence-electron chi connectivity index (χ1n) is 10.5. The second kappa shape index (κ2) is 9.56. The number of morpholine rings is 1. The fourth-order valence-electron chi connectivity index (χ4n) is 3.60. The largest absolute Gasteiger partial charge is 0.379 e. The molecule has 9 nitrogen and oxygen atoms in total. The molecule has 1 fully saturated rings. The van der Waals surface area contributed by atoms with Gasteiger partial charge in [0, 0.05) is 37.8 Å². The van der Waals surface area contributed by atoms with Crippen molar-refractivity contribution in [1.29, 1.82) is 0 Å². The van der Waals surface area contributed by atoms with Crippen molar-refractivity contribution < 1.29 is 22.7 Å². The van der Waals surface area contributed by atoms with E-state index in [9.17, 15) is 18.0 Å². The number of rotatable bonds is 5. The minimum Gasteiger partial charge on any atom is -0.379 e. The number of thiazole rings is 1. The van der Waals surface area contributed by atoms with Gasteiger partial charge in [0.1, 0.15) is 0 Å². The third kappa shape index (κ3) is 4.91. The van der Waals surface area contributed by atoms with Crippen LogP contribution in [-0.4, -0.2) is 55.4 Å². The molecule has 174 valence electrons. The van der Waals surface area contributed by atoms with E-state index in [1.165, 1.54) is 46.8 Å². The lowest BCUT2D eigenvalue weighted by Crippen LogP contribution is -2.40. The summed E-state index contributed by atoms with van der Waals surface area (Å²) in [4.78, 5) is 29.1. The molecule has 1 saturated heterocycles. The van der Waals surface area contributed by atoms with Gasteiger partial charge in [0.05, 0.1) is 28.3 Å². The van der Waals surface area contributed by atoms with E-state index in [1.807, 2.05) is 29.7 Å². The number of anilines is 1. The lowest BCUT2D eigenvalue weighted by atomic mass is 10.2. The highest BCUT2D eigenvalue weighted by molar-refractivity contribution is 7.89. The first kappa shape index (κ1) is 23.3. The van der Waals surface area contributed by atoms with Gasteiger partial charge in [-0.1, -0.05) is 11.3 Å². The van der Waals surface area contributed by atoms with Crippen LogP contribution in [0.15, 0.2) is 52.4 Å². The molecule has 0 spiro atoms. The van der Waals surface area contributed by atoms with Crippen molar-refractivity contribution in [3.63, 3.8) is 0 Å². The van der Waals surface area contributed by atoms with Crippen LogP contribution in [0.4, 0.5) is 5.69 Å². The Kier molecular flexibility index (Phi) is 6.75. The van der Waals surface area contributed by atoms with Crippen LogP contribution in [0.3, 0.4) is 0 Å². The van der Waals surface area contributed by atoms with E-state index in [2.05, 4.69) is 10.3 Å². The van der Waals surface area contributed by atoms with Gasteiger partial charge in [-0.15, -0.1) is 0 Å². The number of hydrogen-bond acceptors (Lipinski definition) is 6. The summed E-state index contributed by atoms with van der Waals surface area (Å²) >= 11 is 1.35. The second-order valence-electron chi connectivity index (χ2n) is 7.45. The van der Waals surface area contributed by atoms with Crippen molar-refractivity contribution in [1.82, 2.24) is 8.87 Å². The van der Waals surface area contributed by atoms with E-state index in [1.54, 1.807) is 0 Å². The highest BCUT2D eigenvalue weighted by Gasteiger charge is 2.26. The summed E-state index contributed by atoms with van der Waals surface area (Å²) in [6.45, 7) is 5.38. The van der Waals surface area contributed by atoms with Crippen LogP contribution < -0.4 is 10.1 Å². The average molecular weight is 489 g/mol. The van der Waals surface area contributed by atoms with Crippen molar-refractivity contribution in [3.8, 4) is 0 Å². The molecule has 1 aliphatic heterocycles. The summed E-state index contributed by atoms with van der Waals surface area (Å²) in [7, 11) is -3.62. The van der Waals surface area contributed by atoms with Gasteiger partial charge < -0.3 is 14.6 Å². The quantitative estimate of drug-likeness (QED) is 0.593. The van der Waals surface area contributed by atoms with Crippen LogP contribution in [0, 0.1) is 0 Å². The fraction of sp³-hybridized carbons (Fsp3) is 0.318. The molecule has 0 bridgehead atoms. The van der Waals surface area contributed by atoms with E-state index in [4.69, 9.17) is 4.74 Å². The maximum absolute atomic E-state index is 12.8. The Morgan fingerprint density at radius 1 is 1.12 bits per heavy atom. The number of aromatic nitrogens is 1. The Labute approximate surface area is 195 Å². The van der Waals surface area contributed by atoms with Crippen molar-refractivity contribution in [3.05, 3.63) is 52.8 Å². The summed E-state index contributed by atoms with van der Waals surface area (Å²) in [5.74, 6) is -0.616. The number of nitrogens with zero attached hydrogens (tertiary/aromatic N) is 3. The van der Waals surface area contributed by atoms with E-state index in [-0.39, 0.29) is 10.8 Å². The molecule has 33 heavy (non-hydrogen) atoms. The van der Waals surface area contributed by atoms with Gasteiger partial charge in [-0.25, -0.2) is 8.42 Å². The van der Waals surface area contributed by atoms with E-state index in [0.29, 0.717) is 48.9 Å². The zero-order valence-electron chi connectivity index (χ0n) is 18.3. The lowest BCUT2D eigenvalue weighted by Gasteiger charge is -2.26. The summed E-state index contributed by atoms with van der Waals surface area (Å²) in [6.07, 6.45) is 0. The van der Waals surface area contributed by atoms with Crippen LogP contribution in [0.1, 0.15) is 24.2 Å². The minimum atomic E-state index is -3.62. The molecule has 0 unspecified atom stereocenters. The third-order valence-electron chi connectivity index (χ3n) is 5.23. The number of carbonyl (C=O) groups is 2. The first-order chi connectivity index (χ1) is 15.8. The molecule has 2 aromatic carbocycles. The molecule has 0 saturated carbocycles. The molecular weight excluding hydrogens is 464 g/mol. The Morgan fingerprint density at radius 2 is 1.82 bits per heavy atom. The normalized spacial score (nSPS) is 15.6. The number of aryl methyl sites for hydroxylation is 1. The Morgan fingerprint density at radius 3 is 2.45 bits per heavy atom. The summed E-state index contributed by atoms with van der Waals surface area (Å²) < 4.78 is 35.0. The number of carbonyl (C=O) groups excluding carboxylic acids is 2. The second-order valence-corrected chi connectivity index (χ2v) is 10.4. The first-order valence-corrected chi connectivity index (χ1v) is 12.7. The fourth-order valence-corrected chi connectivity index (χ4v) is 6.14. The van der Waals surface area contributed by atoms with E-state index < -0.39 is 15.9 Å². The topological polar surface area (TPSA) is 110 Å². The van der Waals surface area contributed by atoms with Crippen LogP contribution in [-0.2, 0) is 26.1 Å². The molecule has 0 atom stereocenters. The van der Waals surface area contributed by atoms with Crippen molar-refractivity contribution in [2.45, 2.75) is 25.3 Å². The van der Waals surface area contributed by atoms with Crippen molar-refractivity contribution >= 4 is 49.1 Å². The SMILES string of the molecule is CCn1c(=NC(=O)c2ccc(S(=O)(=O)N3CCOCC3)cc2)sc2cc(NC(C)=O)ccc21. The van der Waals surface area contributed by atoms with E-state index >= 15 is 0 Å². The molecule has 1 aliphatic rings. The molecule has 11 heteroatoms. The van der Waals surface area contributed by atoms with Crippen LogP contribution in [0.5, 0.6) is 0 Å². The molecule has 3 aromatic rings. The summed E-state index contributed by atoms with van der Waals surface area (Å²) in [5.41, 5.74) is 1.89. The molecule has 0 aliphatic carbocycles. The number of amides is 2. The van der Waals surface area contributed by atoms with Crippen LogP contribution >= 0.6 is 11.3 Å². The molecule has 1 N–H and O–H groups in total. The number of sulfonamides is 1. The Balaban J connectivity index is 1.63. The maximum Gasteiger partial charge on any atom is 0.279 e. The number of benzene rings is 2. The maximum atomic E-state index is 12.8. The zero-order chi connectivity index (χ0) is 23.6. The average Bonchev–Trinajstić information content (AvgIpc) is 3.15. The van der Waals surface area contributed by atoms with Crippen LogP contribution in [0.25, 0.3) is 10.2 Å². The van der Waals surface area contributed by atoms with Gasteiger partial charge in [-0.3, -0.25) is 9.59 Å². The predicted molar refractivity (Wildman–Crippen MR) is 126 cm³/mol. The summed E-state index contributed by atoms with van der Waals surface area (Å²) in [6, 6.07) is 11.4. The number of fused-ring (bicyclic) bond motifs is 1. The van der Waals surface area contributed by atoms with E-state index in [0.717, 1.165) is 10.2 Å². The third-order valence-corrected chi connectivity index (χ3v) is 8.18. The number of nitrogens with one attached hydrogen (secondary N) is 1.